The fraction of sp³-hybridized carbons (Fsp3) is 0.348. The van der Waals surface area contributed by atoms with Gasteiger partial charge in [0.25, 0.3) is 5.91 Å². The maximum absolute atomic E-state index is 12.6. The van der Waals surface area contributed by atoms with Crippen molar-refractivity contribution in [3.05, 3.63) is 58.8 Å². The molecule has 33 heavy (non-hydrogen) atoms. The zero-order valence-electron chi connectivity index (χ0n) is 18.3. The smallest absolute Gasteiger partial charge is 0.251 e. The quantitative estimate of drug-likeness (QED) is 0.123. The topological polar surface area (TPSA) is 174 Å². The van der Waals surface area contributed by atoms with Crippen molar-refractivity contribution < 1.29 is 19.5 Å². The van der Waals surface area contributed by atoms with E-state index < -0.39 is 11.9 Å². The van der Waals surface area contributed by atoms with Gasteiger partial charge in [-0.25, -0.2) is 0 Å². The lowest BCUT2D eigenvalue weighted by atomic mass is 10.1. The van der Waals surface area contributed by atoms with E-state index in [2.05, 4.69) is 10.6 Å². The van der Waals surface area contributed by atoms with Gasteiger partial charge in [0.2, 0.25) is 5.91 Å². The highest BCUT2D eigenvalue weighted by Crippen LogP contribution is 2.26. The highest BCUT2D eigenvalue weighted by Gasteiger charge is 2.19. The van der Waals surface area contributed by atoms with Crippen LogP contribution in [0.25, 0.3) is 0 Å². The average molecular weight is 457 g/mol. The van der Waals surface area contributed by atoms with E-state index in [1.807, 2.05) is 0 Å². The van der Waals surface area contributed by atoms with Gasteiger partial charge in [-0.15, -0.1) is 0 Å². The van der Waals surface area contributed by atoms with Crippen LogP contribution in [0, 0.1) is 5.21 Å². The number of anilines is 3. The number of nitrogens with zero attached hydrogens (tertiary/aromatic N) is 1. The van der Waals surface area contributed by atoms with Crippen LogP contribution in [0.3, 0.4) is 0 Å². The van der Waals surface area contributed by atoms with Crippen molar-refractivity contribution >= 4 is 35.2 Å². The van der Waals surface area contributed by atoms with E-state index in [4.69, 9.17) is 16.6 Å². The van der Waals surface area contributed by atoms with E-state index in [1.165, 1.54) is 12.1 Å². The molecule has 7 N–H and O–H groups in total. The molecule has 0 saturated heterocycles. The Labute approximate surface area is 192 Å². The number of primary amides is 1. The number of rotatable bonds is 14. The summed E-state index contributed by atoms with van der Waals surface area (Å²) in [6, 6.07) is 10.1. The lowest BCUT2D eigenvalue weighted by Gasteiger charge is -2.38. The molecule has 1 atom stereocenters. The summed E-state index contributed by atoms with van der Waals surface area (Å²) in [7, 11) is 0. The first kappa shape index (κ1) is 25.6. The predicted molar refractivity (Wildman–Crippen MR) is 128 cm³/mol. The number of carbonyl (C=O) groups is 3. The zero-order chi connectivity index (χ0) is 24.2. The molecule has 2 rings (SSSR count). The largest absolute Gasteiger partial charge is 0.758 e. The van der Waals surface area contributed by atoms with Gasteiger partial charge in [-0.2, -0.15) is 0 Å². The molecule has 0 bridgehead atoms. The molecule has 1 unspecified atom stereocenters. The summed E-state index contributed by atoms with van der Waals surface area (Å²) >= 11 is 0. The Hall–Kier alpha value is -3.63. The van der Waals surface area contributed by atoms with E-state index in [9.17, 15) is 19.6 Å². The maximum Gasteiger partial charge on any atom is 0.251 e. The van der Waals surface area contributed by atoms with Crippen molar-refractivity contribution in [2.75, 3.05) is 35.8 Å². The van der Waals surface area contributed by atoms with Gasteiger partial charge >= 0.3 is 0 Å². The first-order valence-electron chi connectivity index (χ1n) is 10.7. The van der Waals surface area contributed by atoms with Crippen LogP contribution >= 0.6 is 0 Å². The lowest BCUT2D eigenvalue weighted by molar-refractivity contribution is -0.119. The monoisotopic (exact) mass is 456 g/mol. The Balaban J connectivity index is 1.80. The second-order valence-corrected chi connectivity index (χ2v) is 7.51. The summed E-state index contributed by atoms with van der Waals surface area (Å²) in [4.78, 5) is 34.9. The molecule has 0 aliphatic rings. The molecule has 0 saturated carbocycles. The first-order chi connectivity index (χ1) is 15.9. The summed E-state index contributed by atoms with van der Waals surface area (Å²) in [6.45, 7) is 0.771. The fourth-order valence-electron chi connectivity index (χ4n) is 3.21. The SMILES string of the molecule is NC(=O)C(CCO)N([O-])c1cc(NCCCCCNC(=O)c2ccc(N)cc2)ccc1C=O. The third-order valence-electron chi connectivity index (χ3n) is 5.05. The van der Waals surface area contributed by atoms with Gasteiger partial charge in [-0.3, -0.25) is 14.4 Å². The molecule has 0 radical (unpaired) electrons. The highest BCUT2D eigenvalue weighted by molar-refractivity contribution is 5.94. The number of unbranched alkanes of at least 4 members (excludes halogenated alkanes) is 2. The van der Waals surface area contributed by atoms with Crippen LogP contribution in [0.4, 0.5) is 17.1 Å². The molecule has 0 fully saturated rings. The maximum atomic E-state index is 12.6. The third-order valence-corrected chi connectivity index (χ3v) is 5.05. The molecule has 2 amide bonds. The van der Waals surface area contributed by atoms with Crippen LogP contribution in [0.15, 0.2) is 42.5 Å². The molecule has 0 aromatic heterocycles. The van der Waals surface area contributed by atoms with Crippen molar-refractivity contribution in [3.63, 3.8) is 0 Å². The number of hydroxylamine groups is 1. The molecular weight excluding hydrogens is 426 g/mol. The number of nitrogens with two attached hydrogens (primary N) is 2. The zero-order valence-corrected chi connectivity index (χ0v) is 18.3. The Kier molecular flexibility index (Phi) is 10.1. The molecule has 2 aromatic carbocycles. The van der Waals surface area contributed by atoms with Gasteiger partial charge in [-0.1, -0.05) is 0 Å². The van der Waals surface area contributed by atoms with E-state index in [0.717, 1.165) is 19.3 Å². The van der Waals surface area contributed by atoms with Crippen LogP contribution < -0.4 is 27.2 Å². The van der Waals surface area contributed by atoms with E-state index >= 15 is 0 Å². The van der Waals surface area contributed by atoms with Crippen molar-refractivity contribution in [3.8, 4) is 0 Å². The molecular formula is C23H30N5O5-. The summed E-state index contributed by atoms with van der Waals surface area (Å²) in [6.07, 6.45) is 2.87. The van der Waals surface area contributed by atoms with Gasteiger partial charge in [0.05, 0.1) is 6.04 Å². The summed E-state index contributed by atoms with van der Waals surface area (Å²) < 4.78 is 0. The summed E-state index contributed by atoms with van der Waals surface area (Å²) in [5.74, 6) is -1.02. The van der Waals surface area contributed by atoms with Gasteiger partial charge in [0.15, 0.2) is 6.29 Å². The average Bonchev–Trinajstić information content (AvgIpc) is 2.81. The highest BCUT2D eigenvalue weighted by atomic mass is 16.5. The molecule has 0 heterocycles. The lowest BCUT2D eigenvalue weighted by Crippen LogP contribution is -2.42. The number of aldehydes is 1. The first-order valence-corrected chi connectivity index (χ1v) is 10.7. The van der Waals surface area contributed by atoms with Crippen LogP contribution in [-0.2, 0) is 4.79 Å². The number of aliphatic hydroxyl groups is 1. The number of hydrogen-bond acceptors (Lipinski definition) is 8. The number of amides is 2. The molecule has 2 aromatic rings. The molecule has 0 aliphatic heterocycles. The second kappa shape index (κ2) is 13.0. The molecule has 178 valence electrons. The number of aliphatic hydroxyl groups excluding tert-OH is 1. The molecule has 0 spiro atoms. The third kappa shape index (κ3) is 7.78. The minimum absolute atomic E-state index is 0.0117. The summed E-state index contributed by atoms with van der Waals surface area (Å²) in [5, 5.41) is 28.1. The fourth-order valence-corrected chi connectivity index (χ4v) is 3.21. The van der Waals surface area contributed by atoms with Crippen LogP contribution in [0.2, 0.25) is 0 Å². The molecule has 10 heteroatoms. The number of carbonyl (C=O) groups excluding carboxylic acids is 3. The predicted octanol–water partition coefficient (Wildman–Crippen LogP) is 1.63. The van der Waals surface area contributed by atoms with Crippen molar-refractivity contribution in [1.82, 2.24) is 5.32 Å². The number of nitrogens with one attached hydrogen (secondary N) is 2. The standard InChI is InChI=1S/C23H30N5O5/c24-18-7-4-16(5-8-18)23(32)27-12-3-1-2-11-26-19-9-6-17(15-30)21(14-19)28(33)20(10-13-29)22(25)31/h4-9,14-15,20,26,29H,1-3,10-13,24H2,(H2,25,31)(H,27,32)/q-1. The van der Waals surface area contributed by atoms with E-state index in [-0.39, 0.29) is 30.2 Å². The minimum Gasteiger partial charge on any atom is -0.758 e. The normalized spacial score (nSPS) is 11.5. The van der Waals surface area contributed by atoms with Crippen molar-refractivity contribution in [1.29, 1.82) is 0 Å². The summed E-state index contributed by atoms with van der Waals surface area (Å²) in [5.41, 5.74) is 12.8. The van der Waals surface area contributed by atoms with Gasteiger partial charge in [0.1, 0.15) is 0 Å². The Bertz CT molecular complexity index is 935. The van der Waals surface area contributed by atoms with Gasteiger partial charge in [0, 0.05) is 47.9 Å². The van der Waals surface area contributed by atoms with Gasteiger partial charge in [-0.05, 0) is 68.1 Å². The number of benzene rings is 2. The Morgan fingerprint density at radius 1 is 1.09 bits per heavy atom. The van der Waals surface area contributed by atoms with E-state index in [1.54, 1.807) is 30.3 Å². The van der Waals surface area contributed by atoms with Gasteiger partial charge < -0.3 is 37.5 Å². The van der Waals surface area contributed by atoms with Crippen LogP contribution in [-0.4, -0.2) is 48.9 Å². The van der Waals surface area contributed by atoms with Crippen LogP contribution in [0.1, 0.15) is 46.4 Å². The number of hydrogen-bond donors (Lipinski definition) is 5. The minimum atomic E-state index is -1.27. The number of nitrogen functional groups attached to an aromatic ring is 1. The Morgan fingerprint density at radius 3 is 2.42 bits per heavy atom. The van der Waals surface area contributed by atoms with Crippen molar-refractivity contribution in [2.45, 2.75) is 31.7 Å². The second-order valence-electron chi connectivity index (χ2n) is 7.51. The Morgan fingerprint density at radius 2 is 1.79 bits per heavy atom. The molecule has 10 nitrogen and oxygen atoms in total. The van der Waals surface area contributed by atoms with Crippen molar-refractivity contribution in [2.24, 2.45) is 5.73 Å². The van der Waals surface area contributed by atoms with E-state index in [0.29, 0.717) is 41.4 Å². The molecule has 0 aliphatic carbocycles. The van der Waals surface area contributed by atoms with Crippen LogP contribution in [0.5, 0.6) is 0 Å².